The maximum atomic E-state index is 14.4. The molecule has 23 N–H and O–H groups in total. The summed E-state index contributed by atoms with van der Waals surface area (Å²) < 4.78 is 0. The summed E-state index contributed by atoms with van der Waals surface area (Å²) in [6.07, 6.45) is 1.35. The van der Waals surface area contributed by atoms with E-state index in [4.69, 9.17) is 22.9 Å². The second-order valence-corrected chi connectivity index (χ2v) is 25.6. The lowest BCUT2D eigenvalue weighted by Crippen LogP contribution is -2.60. The second kappa shape index (κ2) is 40.8. The molecule has 0 bridgehead atoms. The minimum Gasteiger partial charge on any atom is -0.508 e. The number of aliphatic hydroxyl groups is 1. The minimum absolute atomic E-state index is 0.0355. The number of H-pyrrole nitrogens is 1. The molecular weight excluding hydrogens is 1260 g/mol. The van der Waals surface area contributed by atoms with Gasteiger partial charge in [-0.1, -0.05) is 71.9 Å². The number of phenols is 1. The highest BCUT2D eigenvalue weighted by Crippen LogP contribution is 2.20. The topological polar surface area (TPSA) is 530 Å². The van der Waals surface area contributed by atoms with E-state index in [0.29, 0.717) is 24.0 Å². The van der Waals surface area contributed by atoms with Gasteiger partial charge in [-0.05, 0) is 133 Å². The van der Waals surface area contributed by atoms with Crippen LogP contribution >= 0.6 is 0 Å². The van der Waals surface area contributed by atoms with Crippen LogP contribution in [0.2, 0.25) is 0 Å². The van der Waals surface area contributed by atoms with Crippen LogP contribution in [0.3, 0.4) is 0 Å². The van der Waals surface area contributed by atoms with Gasteiger partial charge >= 0.3 is 5.97 Å². The van der Waals surface area contributed by atoms with E-state index in [2.05, 4.69) is 68.5 Å². The number of rotatable bonds is 42. The van der Waals surface area contributed by atoms with Gasteiger partial charge in [0.2, 0.25) is 65.0 Å². The number of para-hydroxylation sites is 1. The van der Waals surface area contributed by atoms with Crippen molar-refractivity contribution < 1.29 is 72.9 Å². The lowest BCUT2D eigenvalue weighted by atomic mass is 9.99. The number of nitrogens with two attached hydrogens (primary N) is 4. The first-order valence-corrected chi connectivity index (χ1v) is 32.7. The molecule has 1 heterocycles. The number of aromatic amines is 1. The Hall–Kier alpha value is -9.43. The average Bonchev–Trinajstić information content (AvgIpc) is 1.72. The van der Waals surface area contributed by atoms with Crippen LogP contribution in [0.15, 0.2) is 59.7 Å². The number of carboxylic acids is 1. The molecule has 0 saturated heterocycles. The van der Waals surface area contributed by atoms with Crippen LogP contribution in [-0.2, 0) is 70.4 Å². The summed E-state index contributed by atoms with van der Waals surface area (Å²) in [6.45, 7) is 15.7. The number of amides is 11. The van der Waals surface area contributed by atoms with Gasteiger partial charge in [0, 0.05) is 36.5 Å². The fourth-order valence-corrected chi connectivity index (χ4v) is 10.0. The van der Waals surface area contributed by atoms with E-state index in [9.17, 15) is 72.9 Å². The molecule has 97 heavy (non-hydrogen) atoms. The number of hydrogen-bond donors (Lipinski definition) is 19. The van der Waals surface area contributed by atoms with Gasteiger partial charge in [-0.3, -0.25) is 57.7 Å². The fourth-order valence-electron chi connectivity index (χ4n) is 10.0. The zero-order chi connectivity index (χ0) is 72.8. The molecular formula is C65H103N17O15. The van der Waals surface area contributed by atoms with Crippen molar-refractivity contribution in [2.45, 2.75) is 206 Å². The summed E-state index contributed by atoms with van der Waals surface area (Å²) in [5.74, 6) is -11.1. The van der Waals surface area contributed by atoms with Gasteiger partial charge < -0.3 is 102 Å². The van der Waals surface area contributed by atoms with Gasteiger partial charge in [0.25, 0.3) is 0 Å². The number of carbonyl (C=O) groups is 12. The number of unbranched alkanes of at least 4 members (excludes halogenated alkanes) is 1. The monoisotopic (exact) mass is 1360 g/mol. The third kappa shape index (κ3) is 29.2. The Morgan fingerprint density at radius 1 is 0.495 bits per heavy atom. The van der Waals surface area contributed by atoms with E-state index in [-0.39, 0.29) is 93.9 Å². The molecule has 11 amide bonds. The first-order chi connectivity index (χ1) is 45.6. The summed E-state index contributed by atoms with van der Waals surface area (Å²) in [5.41, 5.74) is 24.3. The summed E-state index contributed by atoms with van der Waals surface area (Å²) in [6, 6.07) is -1.36. The number of fused-ring (bicyclic) bond motifs is 1. The number of nitrogens with zero attached hydrogens (tertiary/aromatic N) is 1. The summed E-state index contributed by atoms with van der Waals surface area (Å²) >= 11 is 0. The number of nitrogens with one attached hydrogen (secondary N) is 12. The predicted octanol–water partition coefficient (Wildman–Crippen LogP) is -2.20. The van der Waals surface area contributed by atoms with Crippen molar-refractivity contribution in [3.8, 4) is 5.75 Å². The lowest BCUT2D eigenvalue weighted by Gasteiger charge is -2.29. The zero-order valence-corrected chi connectivity index (χ0v) is 57.0. The van der Waals surface area contributed by atoms with Crippen LogP contribution in [0, 0.1) is 17.8 Å². The molecule has 0 aliphatic rings. The predicted molar refractivity (Wildman–Crippen MR) is 362 cm³/mol. The zero-order valence-electron chi connectivity index (χ0n) is 57.0. The first kappa shape index (κ1) is 81.8. The third-order valence-electron chi connectivity index (χ3n) is 15.4. The number of aliphatic hydroxyl groups excluding tert-OH is 1. The maximum absolute atomic E-state index is 14.4. The van der Waals surface area contributed by atoms with Gasteiger partial charge in [-0.2, -0.15) is 0 Å². The van der Waals surface area contributed by atoms with Crippen molar-refractivity contribution in [2.24, 2.45) is 45.7 Å². The van der Waals surface area contributed by atoms with Gasteiger partial charge in [0.15, 0.2) is 5.96 Å². The number of aromatic nitrogens is 1. The molecule has 0 aliphatic heterocycles. The van der Waals surface area contributed by atoms with Crippen LogP contribution in [0.5, 0.6) is 5.75 Å². The Morgan fingerprint density at radius 3 is 1.43 bits per heavy atom. The highest BCUT2D eigenvalue weighted by Gasteiger charge is 2.36. The van der Waals surface area contributed by atoms with E-state index < -0.39 is 150 Å². The molecule has 2 aromatic carbocycles. The van der Waals surface area contributed by atoms with Gasteiger partial charge in [-0.25, -0.2) is 4.79 Å². The van der Waals surface area contributed by atoms with Crippen LogP contribution in [-0.4, -0.2) is 189 Å². The van der Waals surface area contributed by atoms with Crippen molar-refractivity contribution in [2.75, 3.05) is 19.6 Å². The average molecular weight is 1360 g/mol. The number of phenolic OH excluding ortho intramolecular Hbond substituents is 1. The standard InChI is InChI=1S/C65H103N17O15/c1-33(2)26-47(59(91)73-36(7)54(86)72-32-52(85)76-45(19-15-25-70-65(68)69)57(89)82-51(64(96)97)30-41-31-71-44-17-12-11-16-43(41)44)80-58(90)46(18-13-14-24-66)77-61(93)49(28-35(5)6)81-62(94)48(27-34(3)4)78-55(87)37(8)74-60(92)50(29-40-20-22-42(84)23-21-40)79-56(88)38(9)75-63(95)53(67)39(10)83/h11-12,16-17,20-23,31,33-39,45-51,53,71,83-84H,13-15,18-19,24-30,32,66-67H2,1-10H3,(H,72,86)(H,73,91)(H,74,92)(H,75,95)(H,76,85)(H,77,93)(H,78,87)(H,79,88)(H,80,90)(H,81,94)(H,82,89)(H,96,97)(H4,68,69,70)/t36-,37-,38-,39+,45-,46-,47-,48-,49-,50-,51-,53-/m0/s1. The summed E-state index contributed by atoms with van der Waals surface area (Å²) in [5, 5.41) is 58.9. The maximum Gasteiger partial charge on any atom is 0.326 e. The fraction of sp³-hybridized carbons (Fsp3) is 0.585. The molecule has 0 radical (unpaired) electrons. The van der Waals surface area contributed by atoms with Crippen molar-refractivity contribution in [3.05, 3.63) is 65.9 Å². The van der Waals surface area contributed by atoms with E-state index in [0.717, 1.165) is 10.9 Å². The summed E-state index contributed by atoms with van der Waals surface area (Å²) in [4.78, 5) is 171. The largest absolute Gasteiger partial charge is 0.508 e. The molecule has 32 nitrogen and oxygen atoms in total. The Morgan fingerprint density at radius 2 is 0.928 bits per heavy atom. The highest BCUT2D eigenvalue weighted by molar-refractivity contribution is 5.99. The van der Waals surface area contributed by atoms with Crippen molar-refractivity contribution in [3.63, 3.8) is 0 Å². The molecule has 0 spiro atoms. The van der Waals surface area contributed by atoms with Crippen molar-refractivity contribution in [1.29, 1.82) is 0 Å². The molecule has 32 heteroatoms. The van der Waals surface area contributed by atoms with Crippen LogP contribution in [0.25, 0.3) is 10.9 Å². The molecule has 0 saturated carbocycles. The van der Waals surface area contributed by atoms with Gasteiger partial charge in [0.1, 0.15) is 72.2 Å². The molecule has 3 aromatic rings. The Labute approximate surface area is 565 Å². The Balaban J connectivity index is 1.75. The smallest absolute Gasteiger partial charge is 0.326 e. The van der Waals surface area contributed by atoms with Crippen LogP contribution in [0.1, 0.15) is 132 Å². The third-order valence-corrected chi connectivity index (χ3v) is 15.4. The van der Waals surface area contributed by atoms with E-state index in [1.54, 1.807) is 59.9 Å². The van der Waals surface area contributed by atoms with Crippen molar-refractivity contribution >= 4 is 87.8 Å². The molecule has 12 atom stereocenters. The highest BCUT2D eigenvalue weighted by atomic mass is 16.4. The van der Waals surface area contributed by atoms with Crippen LogP contribution in [0.4, 0.5) is 0 Å². The first-order valence-electron chi connectivity index (χ1n) is 32.7. The number of aliphatic imine (C=N–C) groups is 1. The molecule has 1 aromatic heterocycles. The Bertz CT molecular complexity index is 3170. The van der Waals surface area contributed by atoms with Crippen molar-refractivity contribution in [1.82, 2.24) is 63.5 Å². The second-order valence-electron chi connectivity index (χ2n) is 25.6. The molecule has 0 aliphatic carbocycles. The van der Waals surface area contributed by atoms with E-state index in [1.807, 2.05) is 12.1 Å². The number of aliphatic carboxylic acids is 1. The van der Waals surface area contributed by atoms with Crippen LogP contribution < -0.4 is 81.4 Å². The number of carboxylic acid groups (broad SMARTS) is 1. The number of guanidine groups is 1. The minimum atomic E-state index is -1.40. The number of aromatic hydroxyl groups is 1. The molecule has 3 rings (SSSR count). The number of benzene rings is 2. The number of carbonyl (C=O) groups excluding carboxylic acids is 11. The van der Waals surface area contributed by atoms with Gasteiger partial charge in [-0.15, -0.1) is 0 Å². The van der Waals surface area contributed by atoms with Gasteiger partial charge in [0.05, 0.1) is 12.6 Å². The SMILES string of the molecule is CC(C)C[C@H](NC(=O)[C@H](C)NC(=O)[C@H](Cc1ccc(O)cc1)NC(=O)[C@H](C)NC(=O)[C@@H](N)[C@@H](C)O)C(=O)N[C@@H](CC(C)C)C(=O)N[C@@H](CCCCN)C(=O)N[C@@H](CC(C)C)C(=O)N[C@@H](C)C(=O)NCC(=O)N[C@@H](CCCN=C(N)N)C(=O)N[C@@H](Cc1c[nH]c2ccccc12)C(=O)O. The molecule has 0 unspecified atom stereocenters. The normalized spacial score (nSPS) is 15.0. The molecule has 538 valence electrons. The van der Waals surface area contributed by atoms with E-state index >= 15 is 0 Å². The quantitative estimate of drug-likeness (QED) is 0.0163. The Kier molecular flexibility index (Phi) is 34.4. The summed E-state index contributed by atoms with van der Waals surface area (Å²) in [7, 11) is 0. The number of hydrogen-bond acceptors (Lipinski definition) is 17. The van der Waals surface area contributed by atoms with E-state index in [1.165, 1.54) is 52.0 Å². The molecule has 0 fully saturated rings. The lowest BCUT2D eigenvalue weighted by molar-refractivity contribution is -0.142.